The fraction of sp³-hybridized carbons (Fsp3) is 0.417. The first-order chi connectivity index (χ1) is 7.45. The van der Waals surface area contributed by atoms with E-state index in [0.717, 1.165) is 10.2 Å². The van der Waals surface area contributed by atoms with Gasteiger partial charge in [0.1, 0.15) is 12.4 Å². The first kappa shape index (κ1) is 13.0. The lowest BCUT2D eigenvalue weighted by Crippen LogP contribution is -2.32. The Balaban J connectivity index is 2.57. The van der Waals surface area contributed by atoms with E-state index < -0.39 is 5.41 Å². The van der Waals surface area contributed by atoms with Gasteiger partial charge in [0.2, 0.25) is 0 Å². The lowest BCUT2D eigenvalue weighted by atomic mass is 9.95. The highest BCUT2D eigenvalue weighted by molar-refractivity contribution is 9.10. The van der Waals surface area contributed by atoms with Gasteiger partial charge in [0.05, 0.1) is 12.5 Å². The summed E-state index contributed by atoms with van der Waals surface area (Å²) in [6, 6.07) is 7.47. The molecule has 0 radical (unpaired) electrons. The van der Waals surface area contributed by atoms with Gasteiger partial charge in [0.15, 0.2) is 0 Å². The molecule has 16 heavy (non-hydrogen) atoms. The Hall–Kier alpha value is -1.03. The van der Waals surface area contributed by atoms with E-state index in [2.05, 4.69) is 15.9 Å². The molecule has 0 N–H and O–H groups in total. The average molecular weight is 287 g/mol. The molecule has 0 aliphatic heterocycles. The molecule has 0 aromatic heterocycles. The number of esters is 1. The fourth-order valence-electron chi connectivity index (χ4n) is 1.13. The molecule has 0 spiro atoms. The Morgan fingerprint density at radius 3 is 2.38 bits per heavy atom. The van der Waals surface area contributed by atoms with E-state index in [0.29, 0.717) is 6.61 Å². The number of methoxy groups -OCH3 is 1. The highest BCUT2D eigenvalue weighted by Crippen LogP contribution is 2.21. The zero-order valence-corrected chi connectivity index (χ0v) is 11.2. The second-order valence-corrected chi connectivity index (χ2v) is 5.03. The highest BCUT2D eigenvalue weighted by Gasteiger charge is 2.29. The van der Waals surface area contributed by atoms with E-state index in [1.165, 1.54) is 7.11 Å². The number of carbonyl (C=O) groups excluding carboxylic acids is 1. The van der Waals surface area contributed by atoms with E-state index in [-0.39, 0.29) is 5.97 Å². The molecule has 0 unspecified atom stereocenters. The normalized spacial score (nSPS) is 11.0. The van der Waals surface area contributed by atoms with Crippen molar-refractivity contribution in [2.75, 3.05) is 13.7 Å². The topological polar surface area (TPSA) is 35.5 Å². The first-order valence-electron chi connectivity index (χ1n) is 4.92. The summed E-state index contributed by atoms with van der Waals surface area (Å²) in [6.07, 6.45) is 0. The van der Waals surface area contributed by atoms with E-state index >= 15 is 0 Å². The molecule has 0 saturated carbocycles. The van der Waals surface area contributed by atoms with Gasteiger partial charge in [-0.1, -0.05) is 15.9 Å². The van der Waals surface area contributed by atoms with E-state index in [1.807, 2.05) is 24.3 Å². The third-order valence-corrected chi connectivity index (χ3v) is 2.68. The number of carbonyl (C=O) groups is 1. The van der Waals surface area contributed by atoms with Crippen LogP contribution in [0.2, 0.25) is 0 Å². The molecule has 0 heterocycles. The predicted octanol–water partition coefficient (Wildman–Crippen LogP) is 3.03. The molecule has 0 aliphatic rings. The van der Waals surface area contributed by atoms with Gasteiger partial charge in [0.25, 0.3) is 0 Å². The summed E-state index contributed by atoms with van der Waals surface area (Å²) < 4.78 is 11.2. The molecule has 1 rings (SSSR count). The summed E-state index contributed by atoms with van der Waals surface area (Å²) in [7, 11) is 1.38. The van der Waals surface area contributed by atoms with Crippen molar-refractivity contribution in [2.24, 2.45) is 5.41 Å². The number of halogens is 1. The van der Waals surface area contributed by atoms with Gasteiger partial charge < -0.3 is 9.47 Å². The number of ether oxygens (including phenoxy) is 2. The van der Waals surface area contributed by atoms with E-state index in [4.69, 9.17) is 9.47 Å². The number of hydrogen-bond acceptors (Lipinski definition) is 3. The van der Waals surface area contributed by atoms with Crippen LogP contribution in [0.4, 0.5) is 0 Å². The molecule has 0 bridgehead atoms. The van der Waals surface area contributed by atoms with Gasteiger partial charge in [0, 0.05) is 4.47 Å². The van der Waals surface area contributed by atoms with Gasteiger partial charge >= 0.3 is 5.97 Å². The minimum Gasteiger partial charge on any atom is -0.492 e. The van der Waals surface area contributed by atoms with Crippen LogP contribution in [0, 0.1) is 5.41 Å². The minimum atomic E-state index is -0.637. The Kier molecular flexibility index (Phi) is 4.35. The molecule has 3 nitrogen and oxygen atoms in total. The van der Waals surface area contributed by atoms with Gasteiger partial charge in [-0.25, -0.2) is 0 Å². The van der Waals surface area contributed by atoms with Crippen molar-refractivity contribution in [3.05, 3.63) is 28.7 Å². The van der Waals surface area contributed by atoms with Crippen molar-refractivity contribution in [2.45, 2.75) is 13.8 Å². The molecule has 0 saturated heterocycles. The monoisotopic (exact) mass is 286 g/mol. The van der Waals surface area contributed by atoms with E-state index in [1.54, 1.807) is 13.8 Å². The van der Waals surface area contributed by atoms with Crippen LogP contribution in [0.1, 0.15) is 13.8 Å². The zero-order valence-electron chi connectivity index (χ0n) is 9.62. The van der Waals surface area contributed by atoms with Gasteiger partial charge in [-0.15, -0.1) is 0 Å². The van der Waals surface area contributed by atoms with Gasteiger partial charge in [-0.05, 0) is 38.1 Å². The summed E-state index contributed by atoms with van der Waals surface area (Å²) in [5.74, 6) is 0.463. The van der Waals surface area contributed by atoms with Crippen molar-refractivity contribution >= 4 is 21.9 Å². The summed E-state index contributed by atoms with van der Waals surface area (Å²) in [6.45, 7) is 3.87. The summed E-state index contributed by atoms with van der Waals surface area (Å²) in [5.41, 5.74) is -0.637. The SMILES string of the molecule is COC(=O)C(C)(C)COc1ccc(Br)cc1. The maximum Gasteiger partial charge on any atom is 0.314 e. The van der Waals surface area contributed by atoms with Gasteiger partial charge in [-0.3, -0.25) is 4.79 Å². The molecule has 0 amide bonds. The molecule has 0 aliphatic carbocycles. The number of rotatable bonds is 4. The first-order valence-corrected chi connectivity index (χ1v) is 5.72. The number of hydrogen-bond donors (Lipinski definition) is 0. The predicted molar refractivity (Wildman–Crippen MR) is 65.4 cm³/mol. The lowest BCUT2D eigenvalue weighted by Gasteiger charge is -2.21. The van der Waals surface area contributed by atoms with Crippen LogP contribution < -0.4 is 4.74 Å². The summed E-state index contributed by atoms with van der Waals surface area (Å²) in [5, 5.41) is 0. The zero-order chi connectivity index (χ0) is 12.2. The molecule has 1 aromatic rings. The second kappa shape index (κ2) is 5.34. The van der Waals surface area contributed by atoms with Crippen LogP contribution in [0.5, 0.6) is 5.75 Å². The number of benzene rings is 1. The van der Waals surface area contributed by atoms with Crippen LogP contribution in [-0.2, 0) is 9.53 Å². The van der Waals surface area contributed by atoms with Crippen molar-refractivity contribution in [1.82, 2.24) is 0 Å². The third kappa shape index (κ3) is 3.52. The van der Waals surface area contributed by atoms with Crippen molar-refractivity contribution in [3.8, 4) is 5.75 Å². The Bertz CT molecular complexity index is 357. The molecular formula is C12H15BrO3. The average Bonchev–Trinajstić information content (AvgIpc) is 2.27. The molecule has 4 heteroatoms. The highest BCUT2D eigenvalue weighted by atomic mass is 79.9. The van der Waals surface area contributed by atoms with Crippen LogP contribution >= 0.6 is 15.9 Å². The fourth-order valence-corrected chi connectivity index (χ4v) is 1.39. The second-order valence-electron chi connectivity index (χ2n) is 4.12. The van der Waals surface area contributed by atoms with Crippen molar-refractivity contribution in [1.29, 1.82) is 0 Å². The largest absolute Gasteiger partial charge is 0.492 e. The maximum absolute atomic E-state index is 11.4. The maximum atomic E-state index is 11.4. The summed E-state index contributed by atoms with van der Waals surface area (Å²) >= 11 is 3.34. The molecule has 0 fully saturated rings. The van der Waals surface area contributed by atoms with Crippen LogP contribution in [-0.4, -0.2) is 19.7 Å². The molecule has 1 aromatic carbocycles. The Morgan fingerprint density at radius 1 is 1.31 bits per heavy atom. The standard InChI is InChI=1S/C12H15BrO3/c1-12(2,11(14)15-3)8-16-10-6-4-9(13)5-7-10/h4-7H,8H2,1-3H3. The lowest BCUT2D eigenvalue weighted by molar-refractivity contribution is -0.152. The van der Waals surface area contributed by atoms with Crippen molar-refractivity contribution in [3.63, 3.8) is 0 Å². The molecule has 88 valence electrons. The van der Waals surface area contributed by atoms with Crippen LogP contribution in [0.3, 0.4) is 0 Å². The van der Waals surface area contributed by atoms with Crippen LogP contribution in [0.25, 0.3) is 0 Å². The molecule has 0 atom stereocenters. The quantitative estimate of drug-likeness (QED) is 0.798. The summed E-state index contributed by atoms with van der Waals surface area (Å²) in [4.78, 5) is 11.4. The van der Waals surface area contributed by atoms with Crippen molar-refractivity contribution < 1.29 is 14.3 Å². The minimum absolute atomic E-state index is 0.274. The smallest absolute Gasteiger partial charge is 0.314 e. The van der Waals surface area contributed by atoms with Gasteiger partial charge in [-0.2, -0.15) is 0 Å². The van der Waals surface area contributed by atoms with Crippen LogP contribution in [0.15, 0.2) is 28.7 Å². The molecular weight excluding hydrogens is 272 g/mol. The van der Waals surface area contributed by atoms with E-state index in [9.17, 15) is 4.79 Å². The Labute approximate surface area is 104 Å². The third-order valence-electron chi connectivity index (χ3n) is 2.15. The Morgan fingerprint density at radius 2 is 1.88 bits per heavy atom.